The molecule has 0 saturated carbocycles. The van der Waals surface area contributed by atoms with E-state index in [-0.39, 0.29) is 18.3 Å². The highest BCUT2D eigenvalue weighted by Gasteiger charge is 2.16. The Morgan fingerprint density at radius 1 is 1.00 bits per heavy atom. The summed E-state index contributed by atoms with van der Waals surface area (Å²) >= 11 is 0. The van der Waals surface area contributed by atoms with Crippen LogP contribution < -0.4 is 0 Å². The molecular weight excluding hydrogens is 393 g/mol. The van der Waals surface area contributed by atoms with E-state index < -0.39 is 0 Å². The minimum atomic E-state index is -0.300. The van der Waals surface area contributed by atoms with E-state index in [1.54, 1.807) is 12.3 Å². The number of nitrogens with zero attached hydrogens (tertiary/aromatic N) is 3. The third kappa shape index (κ3) is 4.98. The summed E-state index contributed by atoms with van der Waals surface area (Å²) in [5.74, 6) is -0.516. The van der Waals surface area contributed by atoms with Gasteiger partial charge in [0.1, 0.15) is 12.4 Å². The van der Waals surface area contributed by atoms with Crippen LogP contribution in [0, 0.1) is 5.82 Å². The van der Waals surface area contributed by atoms with Gasteiger partial charge in [-0.2, -0.15) is 0 Å². The molecule has 0 aliphatic rings. The van der Waals surface area contributed by atoms with Crippen LogP contribution in [-0.2, 0) is 35.7 Å². The van der Waals surface area contributed by atoms with Gasteiger partial charge in [0.05, 0.1) is 7.11 Å². The van der Waals surface area contributed by atoms with Gasteiger partial charge >= 0.3 is 5.97 Å². The van der Waals surface area contributed by atoms with Gasteiger partial charge in [-0.25, -0.2) is 4.39 Å². The average Bonchev–Trinajstić information content (AvgIpc) is 3.13. The quantitative estimate of drug-likeness (QED) is 0.395. The number of benzene rings is 2. The summed E-state index contributed by atoms with van der Waals surface area (Å²) in [4.78, 5) is 18.3. The Morgan fingerprint density at radius 3 is 2.55 bits per heavy atom. The largest absolute Gasteiger partial charge is 0.468 e. The van der Waals surface area contributed by atoms with Crippen molar-refractivity contribution in [3.63, 3.8) is 0 Å². The number of methoxy groups -OCH3 is 1. The molecule has 4 rings (SSSR count). The fourth-order valence-corrected chi connectivity index (χ4v) is 3.81. The summed E-state index contributed by atoms with van der Waals surface area (Å²) in [5.41, 5.74) is 3.73. The molecule has 2 aromatic heterocycles. The zero-order chi connectivity index (χ0) is 21.6. The van der Waals surface area contributed by atoms with Crippen LogP contribution >= 0.6 is 0 Å². The summed E-state index contributed by atoms with van der Waals surface area (Å²) in [6, 6.07) is 18.7. The second kappa shape index (κ2) is 9.53. The number of hydrogen-bond acceptors (Lipinski definition) is 4. The molecule has 0 atom stereocenters. The normalized spacial score (nSPS) is 11.2. The molecule has 158 valence electrons. The van der Waals surface area contributed by atoms with Crippen LogP contribution in [0.3, 0.4) is 0 Å². The number of aromatic nitrogens is 2. The highest BCUT2D eigenvalue weighted by molar-refractivity contribution is 5.85. The molecule has 6 heteroatoms. The van der Waals surface area contributed by atoms with Gasteiger partial charge in [0.15, 0.2) is 0 Å². The van der Waals surface area contributed by atoms with Gasteiger partial charge < -0.3 is 9.30 Å². The van der Waals surface area contributed by atoms with E-state index in [4.69, 9.17) is 4.74 Å². The summed E-state index contributed by atoms with van der Waals surface area (Å²) in [6.45, 7) is 1.82. The summed E-state index contributed by atoms with van der Waals surface area (Å²) in [6.07, 6.45) is 5.55. The second-order valence-electron chi connectivity index (χ2n) is 7.47. The molecule has 0 saturated heterocycles. The van der Waals surface area contributed by atoms with E-state index >= 15 is 0 Å². The molecular formula is C25H24FN3O2. The Bertz CT molecular complexity index is 1170. The molecule has 0 spiro atoms. The zero-order valence-electron chi connectivity index (χ0n) is 17.4. The lowest BCUT2D eigenvalue weighted by Crippen LogP contribution is -2.23. The third-order valence-corrected chi connectivity index (χ3v) is 5.27. The number of rotatable bonds is 8. The van der Waals surface area contributed by atoms with Crippen molar-refractivity contribution < 1.29 is 13.9 Å². The first-order valence-electron chi connectivity index (χ1n) is 10.1. The van der Waals surface area contributed by atoms with Gasteiger partial charge in [-0.15, -0.1) is 0 Å². The Kier molecular flexibility index (Phi) is 6.38. The van der Waals surface area contributed by atoms with E-state index in [1.165, 1.54) is 13.2 Å². The first kappa shape index (κ1) is 20.8. The monoisotopic (exact) mass is 417 g/mol. The van der Waals surface area contributed by atoms with Crippen molar-refractivity contribution in [1.29, 1.82) is 0 Å². The molecule has 0 amide bonds. The van der Waals surface area contributed by atoms with Crippen LogP contribution in [0.15, 0.2) is 79.3 Å². The molecule has 2 heterocycles. The predicted octanol–water partition coefficient (Wildman–Crippen LogP) is 4.55. The maximum atomic E-state index is 14.4. The third-order valence-electron chi connectivity index (χ3n) is 5.27. The van der Waals surface area contributed by atoms with Gasteiger partial charge in [-0.05, 0) is 29.3 Å². The van der Waals surface area contributed by atoms with E-state index in [9.17, 15) is 9.18 Å². The molecule has 4 aromatic rings. The lowest BCUT2D eigenvalue weighted by Gasteiger charge is -2.22. The predicted molar refractivity (Wildman–Crippen MR) is 118 cm³/mol. The van der Waals surface area contributed by atoms with Crippen LogP contribution in [0.5, 0.6) is 0 Å². The molecule has 0 aliphatic heterocycles. The van der Waals surface area contributed by atoms with Crippen LogP contribution in [0.4, 0.5) is 4.39 Å². The van der Waals surface area contributed by atoms with Crippen molar-refractivity contribution in [1.82, 2.24) is 14.5 Å². The SMILES string of the molecule is COC(=O)Cn1cc(CN(Cc2cccnc2)Cc2ccccc2F)c2ccccc21. The topological polar surface area (TPSA) is 47.4 Å². The van der Waals surface area contributed by atoms with E-state index in [1.807, 2.05) is 65.5 Å². The Morgan fingerprint density at radius 2 is 1.77 bits per heavy atom. The van der Waals surface area contributed by atoms with Gasteiger partial charge in [-0.3, -0.25) is 14.7 Å². The molecule has 0 unspecified atom stereocenters. The molecule has 31 heavy (non-hydrogen) atoms. The van der Waals surface area contributed by atoms with Crippen molar-refractivity contribution in [2.45, 2.75) is 26.2 Å². The zero-order valence-corrected chi connectivity index (χ0v) is 17.4. The first-order valence-corrected chi connectivity index (χ1v) is 10.1. The lowest BCUT2D eigenvalue weighted by atomic mass is 10.1. The van der Waals surface area contributed by atoms with Crippen molar-refractivity contribution in [3.8, 4) is 0 Å². The number of carbonyl (C=O) groups is 1. The standard InChI is InChI=1S/C25H24FN3O2/c1-31-25(30)18-29-17-21(22-9-3-5-11-24(22)29)16-28(14-19-7-6-12-27-13-19)15-20-8-2-4-10-23(20)26/h2-13,17H,14-16,18H2,1H3. The number of fused-ring (bicyclic) bond motifs is 1. The number of halogens is 1. The summed E-state index contributed by atoms with van der Waals surface area (Å²) in [7, 11) is 1.39. The maximum Gasteiger partial charge on any atom is 0.325 e. The number of esters is 1. The van der Waals surface area contributed by atoms with E-state index in [0.717, 1.165) is 22.0 Å². The van der Waals surface area contributed by atoms with Crippen LogP contribution in [0.25, 0.3) is 10.9 Å². The van der Waals surface area contributed by atoms with Crippen molar-refractivity contribution in [3.05, 3.63) is 102 Å². The minimum absolute atomic E-state index is 0.146. The highest BCUT2D eigenvalue weighted by Crippen LogP contribution is 2.24. The second-order valence-corrected chi connectivity index (χ2v) is 7.47. The maximum absolute atomic E-state index is 14.4. The van der Waals surface area contributed by atoms with Crippen LogP contribution in [-0.4, -0.2) is 27.5 Å². The molecule has 0 fully saturated rings. The molecule has 5 nitrogen and oxygen atoms in total. The summed E-state index contributed by atoms with van der Waals surface area (Å²) < 4.78 is 21.1. The molecule has 0 aliphatic carbocycles. The van der Waals surface area contributed by atoms with E-state index in [0.29, 0.717) is 25.2 Å². The van der Waals surface area contributed by atoms with Gasteiger partial charge in [0.25, 0.3) is 0 Å². The fourth-order valence-electron chi connectivity index (χ4n) is 3.81. The number of ether oxygens (including phenoxy) is 1. The van der Waals surface area contributed by atoms with Gasteiger partial charge in [0, 0.05) is 54.7 Å². The van der Waals surface area contributed by atoms with Gasteiger partial charge in [0.2, 0.25) is 0 Å². The van der Waals surface area contributed by atoms with Crippen molar-refractivity contribution in [2.24, 2.45) is 0 Å². The number of carbonyl (C=O) groups excluding carboxylic acids is 1. The molecule has 0 radical (unpaired) electrons. The molecule has 0 bridgehead atoms. The Labute approximate surface area is 180 Å². The van der Waals surface area contributed by atoms with Crippen LogP contribution in [0.1, 0.15) is 16.7 Å². The fraction of sp³-hybridized carbons (Fsp3) is 0.200. The van der Waals surface area contributed by atoms with Gasteiger partial charge in [-0.1, -0.05) is 42.5 Å². The van der Waals surface area contributed by atoms with E-state index in [2.05, 4.69) is 9.88 Å². The first-order chi connectivity index (χ1) is 15.1. The minimum Gasteiger partial charge on any atom is -0.468 e. The summed E-state index contributed by atoms with van der Waals surface area (Å²) in [5, 5.41) is 1.07. The van der Waals surface area contributed by atoms with Crippen molar-refractivity contribution in [2.75, 3.05) is 7.11 Å². The average molecular weight is 417 g/mol. The van der Waals surface area contributed by atoms with Crippen molar-refractivity contribution >= 4 is 16.9 Å². The Balaban J connectivity index is 1.67. The number of para-hydroxylation sites is 1. The number of hydrogen-bond donors (Lipinski definition) is 0. The van der Waals surface area contributed by atoms with Crippen LogP contribution in [0.2, 0.25) is 0 Å². The molecule has 0 N–H and O–H groups in total. The molecule has 2 aromatic carbocycles. The number of pyridine rings is 1. The highest BCUT2D eigenvalue weighted by atomic mass is 19.1. The Hall–Kier alpha value is -3.51. The smallest absolute Gasteiger partial charge is 0.325 e. The lowest BCUT2D eigenvalue weighted by molar-refractivity contribution is -0.141.